The van der Waals surface area contributed by atoms with Crippen molar-refractivity contribution < 1.29 is 4.52 Å². The third-order valence-corrected chi connectivity index (χ3v) is 3.17. The zero-order valence-corrected chi connectivity index (χ0v) is 10.1. The van der Waals surface area contributed by atoms with E-state index in [0.717, 1.165) is 32.5 Å². The number of rotatable bonds is 1. The lowest BCUT2D eigenvalue weighted by atomic mass is 10.1. The summed E-state index contributed by atoms with van der Waals surface area (Å²) in [6.45, 7) is 1.90. The zero-order chi connectivity index (χ0) is 11.1. The van der Waals surface area contributed by atoms with Crippen LogP contribution < -0.4 is 0 Å². The van der Waals surface area contributed by atoms with Gasteiger partial charge in [-0.1, -0.05) is 5.16 Å². The van der Waals surface area contributed by atoms with Gasteiger partial charge in [0.1, 0.15) is 11.9 Å². The molecule has 0 unspecified atom stereocenters. The third-order valence-electron chi connectivity index (χ3n) is 2.51. The molecule has 3 aromatic heterocycles. The van der Waals surface area contributed by atoms with Crippen molar-refractivity contribution in [2.75, 3.05) is 0 Å². The highest BCUT2D eigenvalue weighted by Crippen LogP contribution is 2.26. The molecule has 4 nitrogen and oxygen atoms in total. The molecule has 0 atom stereocenters. The van der Waals surface area contributed by atoms with Gasteiger partial charge in [0, 0.05) is 16.1 Å². The molecule has 0 aliphatic heterocycles. The average molecular weight is 278 g/mol. The van der Waals surface area contributed by atoms with Crippen molar-refractivity contribution in [2.45, 2.75) is 6.92 Å². The fraction of sp³-hybridized carbons (Fsp3) is 0.0909. The van der Waals surface area contributed by atoms with E-state index in [1.54, 1.807) is 6.26 Å². The molecule has 5 heteroatoms. The van der Waals surface area contributed by atoms with E-state index in [0.29, 0.717) is 0 Å². The van der Waals surface area contributed by atoms with Gasteiger partial charge in [-0.3, -0.25) is 0 Å². The van der Waals surface area contributed by atoms with Crippen molar-refractivity contribution in [3.63, 3.8) is 0 Å². The van der Waals surface area contributed by atoms with Crippen LogP contribution in [0.15, 0.2) is 33.6 Å². The van der Waals surface area contributed by atoms with Crippen molar-refractivity contribution in [3.8, 4) is 11.3 Å². The van der Waals surface area contributed by atoms with Crippen LogP contribution in [0.25, 0.3) is 22.3 Å². The normalized spacial score (nSPS) is 11.1. The summed E-state index contributed by atoms with van der Waals surface area (Å²) in [4.78, 5) is 7.61. The van der Waals surface area contributed by atoms with E-state index >= 15 is 0 Å². The molecule has 0 bridgehead atoms. The molecule has 0 radical (unpaired) electrons. The smallest absolute Gasteiger partial charge is 0.139 e. The lowest BCUT2D eigenvalue weighted by molar-refractivity contribution is 0.415. The fourth-order valence-electron chi connectivity index (χ4n) is 1.66. The minimum atomic E-state index is 0.845. The summed E-state index contributed by atoms with van der Waals surface area (Å²) in [7, 11) is 0. The summed E-state index contributed by atoms with van der Waals surface area (Å²) in [5.41, 5.74) is 3.48. The summed E-state index contributed by atoms with van der Waals surface area (Å²) in [5.74, 6) is 0. The Labute approximate surface area is 99.8 Å². The Balaban J connectivity index is 2.23. The van der Waals surface area contributed by atoms with Crippen molar-refractivity contribution in [1.82, 2.24) is 15.1 Å². The number of H-pyrrole nitrogens is 1. The number of nitrogens with one attached hydrogen (secondary N) is 1. The summed E-state index contributed by atoms with van der Waals surface area (Å²) in [5, 5.41) is 4.91. The first-order valence-electron chi connectivity index (χ1n) is 4.80. The maximum atomic E-state index is 4.91. The van der Waals surface area contributed by atoms with Crippen LogP contribution >= 0.6 is 15.9 Å². The molecule has 0 amide bonds. The number of aromatic amines is 1. The molecule has 3 heterocycles. The Morgan fingerprint density at radius 1 is 1.38 bits per heavy atom. The third kappa shape index (κ3) is 1.36. The lowest BCUT2D eigenvalue weighted by Gasteiger charge is -1.97. The molecule has 3 rings (SSSR count). The molecule has 0 spiro atoms. The molecular weight excluding hydrogens is 270 g/mol. The first-order valence-corrected chi connectivity index (χ1v) is 5.60. The summed E-state index contributed by atoms with van der Waals surface area (Å²) >= 11 is 3.45. The predicted molar refractivity (Wildman–Crippen MR) is 64.0 cm³/mol. The molecule has 0 fully saturated rings. The molecule has 3 aromatic rings. The van der Waals surface area contributed by atoms with Gasteiger partial charge in [-0.05, 0) is 35.0 Å². The standard InChI is InChI=1S/C11H8BrN3O/c1-6-8(5-16-15-6)10-3-2-7-9(12)4-13-11(7)14-10/h2-5H,1H3,(H,13,14). The maximum Gasteiger partial charge on any atom is 0.139 e. The minimum absolute atomic E-state index is 0.845. The van der Waals surface area contributed by atoms with Gasteiger partial charge >= 0.3 is 0 Å². The van der Waals surface area contributed by atoms with Gasteiger partial charge in [0.15, 0.2) is 0 Å². The monoisotopic (exact) mass is 277 g/mol. The van der Waals surface area contributed by atoms with Gasteiger partial charge in [-0.15, -0.1) is 0 Å². The van der Waals surface area contributed by atoms with Crippen LogP contribution in [-0.4, -0.2) is 15.1 Å². The number of pyridine rings is 1. The van der Waals surface area contributed by atoms with Gasteiger partial charge in [0.25, 0.3) is 0 Å². The van der Waals surface area contributed by atoms with Gasteiger partial charge in [-0.2, -0.15) is 0 Å². The van der Waals surface area contributed by atoms with Crippen LogP contribution in [0.2, 0.25) is 0 Å². The molecule has 0 aromatic carbocycles. The number of fused-ring (bicyclic) bond motifs is 1. The Bertz CT molecular complexity index is 656. The summed E-state index contributed by atoms with van der Waals surface area (Å²) < 4.78 is 5.92. The van der Waals surface area contributed by atoms with Crippen molar-refractivity contribution >= 4 is 27.0 Å². The van der Waals surface area contributed by atoms with E-state index in [2.05, 4.69) is 31.1 Å². The van der Waals surface area contributed by atoms with Gasteiger partial charge in [0.05, 0.1) is 17.0 Å². The Kier molecular flexibility index (Phi) is 2.07. The Hall–Kier alpha value is -1.62. The first-order chi connectivity index (χ1) is 7.75. The zero-order valence-electron chi connectivity index (χ0n) is 8.49. The summed E-state index contributed by atoms with van der Waals surface area (Å²) in [6.07, 6.45) is 3.49. The largest absolute Gasteiger partial charge is 0.364 e. The highest BCUT2D eigenvalue weighted by molar-refractivity contribution is 9.10. The molecule has 0 saturated heterocycles. The number of aryl methyl sites for hydroxylation is 1. The molecule has 0 saturated carbocycles. The van der Waals surface area contributed by atoms with E-state index in [9.17, 15) is 0 Å². The van der Waals surface area contributed by atoms with Gasteiger partial charge in [0.2, 0.25) is 0 Å². The molecule has 80 valence electrons. The van der Waals surface area contributed by atoms with Crippen LogP contribution in [0, 0.1) is 6.92 Å². The van der Waals surface area contributed by atoms with Crippen molar-refractivity contribution in [2.24, 2.45) is 0 Å². The molecule has 16 heavy (non-hydrogen) atoms. The van der Waals surface area contributed by atoms with Gasteiger partial charge in [-0.25, -0.2) is 4.98 Å². The van der Waals surface area contributed by atoms with Gasteiger partial charge < -0.3 is 9.51 Å². The quantitative estimate of drug-likeness (QED) is 0.743. The number of hydrogen-bond acceptors (Lipinski definition) is 3. The van der Waals surface area contributed by atoms with E-state index in [1.807, 2.05) is 25.3 Å². The Morgan fingerprint density at radius 3 is 3.00 bits per heavy atom. The molecule has 0 aliphatic carbocycles. The van der Waals surface area contributed by atoms with E-state index < -0.39 is 0 Å². The number of halogens is 1. The van der Waals surface area contributed by atoms with Crippen LogP contribution in [0.5, 0.6) is 0 Å². The second kappa shape index (κ2) is 3.45. The predicted octanol–water partition coefficient (Wildman–Crippen LogP) is 3.29. The highest BCUT2D eigenvalue weighted by atomic mass is 79.9. The SMILES string of the molecule is Cc1nocc1-c1ccc2c(Br)c[nH]c2n1. The number of nitrogens with zero attached hydrogens (tertiary/aromatic N) is 2. The fourth-order valence-corrected chi connectivity index (χ4v) is 2.09. The maximum absolute atomic E-state index is 4.91. The summed E-state index contributed by atoms with van der Waals surface area (Å²) in [6, 6.07) is 3.98. The van der Waals surface area contributed by atoms with Crippen LogP contribution in [-0.2, 0) is 0 Å². The average Bonchev–Trinajstić information content (AvgIpc) is 2.86. The van der Waals surface area contributed by atoms with Crippen LogP contribution in [0.1, 0.15) is 5.69 Å². The second-order valence-corrected chi connectivity index (χ2v) is 4.40. The topological polar surface area (TPSA) is 54.7 Å². The molecular formula is C11H8BrN3O. The van der Waals surface area contributed by atoms with Crippen molar-refractivity contribution in [3.05, 3.63) is 34.8 Å². The van der Waals surface area contributed by atoms with Crippen LogP contribution in [0.3, 0.4) is 0 Å². The number of hydrogen-bond donors (Lipinski definition) is 1. The van der Waals surface area contributed by atoms with E-state index in [1.165, 1.54) is 0 Å². The second-order valence-electron chi connectivity index (χ2n) is 3.54. The molecule has 1 N–H and O–H groups in total. The molecule has 0 aliphatic rings. The van der Waals surface area contributed by atoms with Crippen molar-refractivity contribution in [1.29, 1.82) is 0 Å². The minimum Gasteiger partial charge on any atom is -0.364 e. The first kappa shape index (κ1) is 9.59. The number of aromatic nitrogens is 3. The van der Waals surface area contributed by atoms with E-state index in [-0.39, 0.29) is 0 Å². The lowest BCUT2D eigenvalue weighted by Crippen LogP contribution is -1.85. The van der Waals surface area contributed by atoms with Crippen LogP contribution in [0.4, 0.5) is 0 Å². The van der Waals surface area contributed by atoms with E-state index in [4.69, 9.17) is 4.52 Å². The highest BCUT2D eigenvalue weighted by Gasteiger charge is 2.09. The Morgan fingerprint density at radius 2 is 2.25 bits per heavy atom.